The summed E-state index contributed by atoms with van der Waals surface area (Å²) in [4.78, 5) is 5.76. The van der Waals surface area contributed by atoms with E-state index in [1.165, 1.54) is 16.5 Å². The second kappa shape index (κ2) is 5.71. The normalized spacial score (nSPS) is 13.0. The SMILES string of the molecule is Cc1ccsc1Cn1c(C(C)Cl)nc2cc(F)c(Br)cc21. The summed E-state index contributed by atoms with van der Waals surface area (Å²) < 4.78 is 16.2. The third-order valence-corrected chi connectivity index (χ3v) is 5.26. The third-order valence-electron chi connectivity index (χ3n) is 3.45. The van der Waals surface area contributed by atoms with Crippen molar-refractivity contribution in [1.82, 2.24) is 9.55 Å². The predicted molar refractivity (Wildman–Crippen MR) is 89.8 cm³/mol. The molecule has 0 fully saturated rings. The molecule has 110 valence electrons. The van der Waals surface area contributed by atoms with Gasteiger partial charge in [-0.3, -0.25) is 0 Å². The number of halogens is 3. The van der Waals surface area contributed by atoms with Crippen LogP contribution in [0.3, 0.4) is 0 Å². The van der Waals surface area contributed by atoms with Gasteiger partial charge in [0.1, 0.15) is 11.6 Å². The Labute approximate surface area is 139 Å². The maximum Gasteiger partial charge on any atom is 0.139 e. The molecule has 0 N–H and O–H groups in total. The van der Waals surface area contributed by atoms with Crippen LogP contribution in [0.15, 0.2) is 28.1 Å². The monoisotopic (exact) mass is 386 g/mol. The summed E-state index contributed by atoms with van der Waals surface area (Å²) >= 11 is 11.2. The minimum Gasteiger partial charge on any atom is -0.321 e. The summed E-state index contributed by atoms with van der Waals surface area (Å²) in [6.07, 6.45) is 0. The van der Waals surface area contributed by atoms with Gasteiger partial charge in [0.25, 0.3) is 0 Å². The molecule has 6 heteroatoms. The van der Waals surface area contributed by atoms with Gasteiger partial charge >= 0.3 is 0 Å². The lowest BCUT2D eigenvalue weighted by Crippen LogP contribution is -2.05. The number of hydrogen-bond donors (Lipinski definition) is 0. The van der Waals surface area contributed by atoms with Crippen molar-refractivity contribution in [2.75, 3.05) is 0 Å². The number of hydrogen-bond acceptors (Lipinski definition) is 2. The fourth-order valence-corrected chi connectivity index (χ4v) is 3.71. The Kier molecular flexibility index (Phi) is 4.08. The summed E-state index contributed by atoms with van der Waals surface area (Å²) in [7, 11) is 0. The van der Waals surface area contributed by atoms with Crippen LogP contribution in [0.4, 0.5) is 4.39 Å². The van der Waals surface area contributed by atoms with Crippen molar-refractivity contribution in [2.45, 2.75) is 25.8 Å². The molecule has 1 atom stereocenters. The van der Waals surface area contributed by atoms with E-state index in [4.69, 9.17) is 11.6 Å². The molecule has 0 aliphatic rings. The Hall–Kier alpha value is -0.910. The number of alkyl halides is 1. The average molecular weight is 388 g/mol. The number of imidazole rings is 1. The largest absolute Gasteiger partial charge is 0.321 e. The molecule has 0 saturated heterocycles. The first kappa shape index (κ1) is 15.0. The molecular weight excluding hydrogens is 375 g/mol. The lowest BCUT2D eigenvalue weighted by atomic mass is 10.2. The van der Waals surface area contributed by atoms with E-state index >= 15 is 0 Å². The zero-order valence-electron chi connectivity index (χ0n) is 11.5. The van der Waals surface area contributed by atoms with E-state index in [1.807, 2.05) is 6.92 Å². The first-order chi connectivity index (χ1) is 9.97. The standard InChI is InChI=1S/C15H13BrClFN2S/c1-8-3-4-21-14(8)7-20-13-5-10(16)11(18)6-12(13)19-15(20)9(2)17/h3-6,9H,7H2,1-2H3. The van der Waals surface area contributed by atoms with Gasteiger partial charge < -0.3 is 4.57 Å². The van der Waals surface area contributed by atoms with Crippen LogP contribution in [-0.4, -0.2) is 9.55 Å². The minimum atomic E-state index is -0.312. The first-order valence-electron chi connectivity index (χ1n) is 6.49. The first-order valence-corrected chi connectivity index (χ1v) is 8.60. The molecule has 3 aromatic rings. The Morgan fingerprint density at radius 1 is 1.48 bits per heavy atom. The predicted octanol–water partition coefficient (Wildman–Crippen LogP) is 5.66. The molecule has 0 bridgehead atoms. The van der Waals surface area contributed by atoms with E-state index in [0.29, 0.717) is 16.5 Å². The second-order valence-corrected chi connectivity index (χ2v) is 7.46. The maximum atomic E-state index is 13.7. The molecule has 1 aromatic carbocycles. The van der Waals surface area contributed by atoms with Crippen molar-refractivity contribution in [2.24, 2.45) is 0 Å². The zero-order valence-corrected chi connectivity index (χ0v) is 14.7. The highest BCUT2D eigenvalue weighted by Gasteiger charge is 2.17. The van der Waals surface area contributed by atoms with Gasteiger partial charge in [-0.25, -0.2) is 9.37 Å². The van der Waals surface area contributed by atoms with Crippen molar-refractivity contribution in [3.8, 4) is 0 Å². The van der Waals surface area contributed by atoms with Gasteiger partial charge in [-0.1, -0.05) is 0 Å². The van der Waals surface area contributed by atoms with Crippen LogP contribution in [0.2, 0.25) is 0 Å². The van der Waals surface area contributed by atoms with E-state index in [0.717, 1.165) is 11.3 Å². The van der Waals surface area contributed by atoms with Crippen molar-refractivity contribution in [3.05, 3.63) is 50.1 Å². The molecule has 2 aromatic heterocycles. The quantitative estimate of drug-likeness (QED) is 0.530. The number of thiophene rings is 1. The third kappa shape index (κ3) is 2.74. The number of rotatable bonds is 3. The van der Waals surface area contributed by atoms with Crippen molar-refractivity contribution in [1.29, 1.82) is 0 Å². The second-order valence-electron chi connectivity index (χ2n) is 4.95. The van der Waals surface area contributed by atoms with Crippen molar-refractivity contribution < 1.29 is 4.39 Å². The van der Waals surface area contributed by atoms with Gasteiger partial charge in [-0.15, -0.1) is 22.9 Å². The van der Waals surface area contributed by atoms with E-state index < -0.39 is 0 Å². The molecule has 3 rings (SSSR count). The molecule has 0 spiro atoms. The van der Waals surface area contributed by atoms with Crippen LogP contribution in [0, 0.1) is 12.7 Å². The van der Waals surface area contributed by atoms with E-state index in [2.05, 4.69) is 43.9 Å². The number of fused-ring (bicyclic) bond motifs is 1. The van der Waals surface area contributed by atoms with Crippen molar-refractivity contribution in [3.63, 3.8) is 0 Å². The number of aryl methyl sites for hydroxylation is 1. The molecule has 21 heavy (non-hydrogen) atoms. The number of aromatic nitrogens is 2. The summed E-state index contributed by atoms with van der Waals surface area (Å²) in [5.74, 6) is 0.449. The maximum absolute atomic E-state index is 13.7. The highest BCUT2D eigenvalue weighted by molar-refractivity contribution is 9.10. The smallest absolute Gasteiger partial charge is 0.139 e. The van der Waals surface area contributed by atoms with Gasteiger partial charge in [-0.05, 0) is 52.9 Å². The highest BCUT2D eigenvalue weighted by atomic mass is 79.9. The Bertz CT molecular complexity index is 809. The lowest BCUT2D eigenvalue weighted by molar-refractivity contribution is 0.622. The van der Waals surface area contributed by atoms with Crippen molar-refractivity contribution >= 4 is 49.9 Å². The fraction of sp³-hybridized carbons (Fsp3) is 0.267. The molecule has 0 aliphatic carbocycles. The minimum absolute atomic E-state index is 0.237. The average Bonchev–Trinajstić information content (AvgIpc) is 2.97. The van der Waals surface area contributed by atoms with Crippen LogP contribution in [0.5, 0.6) is 0 Å². The molecule has 2 heterocycles. The Morgan fingerprint density at radius 3 is 2.86 bits per heavy atom. The van der Waals surface area contributed by atoms with E-state index in [9.17, 15) is 4.39 Å². The van der Waals surface area contributed by atoms with Gasteiger partial charge in [0, 0.05) is 10.9 Å². The molecular formula is C15H13BrClFN2S. The number of nitrogens with zero attached hydrogens (tertiary/aromatic N) is 2. The van der Waals surface area contributed by atoms with Crippen LogP contribution in [-0.2, 0) is 6.54 Å². The van der Waals surface area contributed by atoms with Crippen LogP contribution in [0.25, 0.3) is 11.0 Å². The Morgan fingerprint density at radius 2 is 2.24 bits per heavy atom. The van der Waals surface area contributed by atoms with Crippen LogP contribution < -0.4 is 0 Å². The molecule has 0 amide bonds. The van der Waals surface area contributed by atoms with Gasteiger partial charge in [-0.2, -0.15) is 0 Å². The van der Waals surface area contributed by atoms with Crippen LogP contribution in [0.1, 0.15) is 28.6 Å². The van der Waals surface area contributed by atoms with Gasteiger partial charge in [0.05, 0.1) is 27.4 Å². The van der Waals surface area contributed by atoms with Gasteiger partial charge in [0.15, 0.2) is 0 Å². The summed E-state index contributed by atoms with van der Waals surface area (Å²) in [5, 5.41) is 1.84. The fourth-order valence-electron chi connectivity index (χ4n) is 2.32. The topological polar surface area (TPSA) is 17.8 Å². The summed E-state index contributed by atoms with van der Waals surface area (Å²) in [6.45, 7) is 4.67. The van der Waals surface area contributed by atoms with Crippen LogP contribution >= 0.6 is 38.9 Å². The molecule has 2 nitrogen and oxygen atoms in total. The summed E-state index contributed by atoms with van der Waals surface area (Å²) in [5.41, 5.74) is 2.77. The zero-order chi connectivity index (χ0) is 15.1. The molecule has 0 saturated carbocycles. The van der Waals surface area contributed by atoms with Gasteiger partial charge in [0.2, 0.25) is 0 Å². The molecule has 1 unspecified atom stereocenters. The summed E-state index contributed by atoms with van der Waals surface area (Å²) in [6, 6.07) is 5.31. The highest BCUT2D eigenvalue weighted by Crippen LogP contribution is 2.30. The lowest BCUT2D eigenvalue weighted by Gasteiger charge is -2.10. The Balaban J connectivity index is 2.20. The van der Waals surface area contributed by atoms with E-state index in [1.54, 1.807) is 17.4 Å². The molecule has 0 radical (unpaired) electrons. The number of benzene rings is 1. The van der Waals surface area contributed by atoms with E-state index in [-0.39, 0.29) is 11.2 Å². The molecule has 0 aliphatic heterocycles.